The van der Waals surface area contributed by atoms with Gasteiger partial charge in [0.15, 0.2) is 11.5 Å². The fraction of sp³-hybridized carbons (Fsp3) is 0.615. The van der Waals surface area contributed by atoms with Crippen LogP contribution in [0.2, 0.25) is 0 Å². The van der Waals surface area contributed by atoms with Crippen LogP contribution in [0.25, 0.3) is 5.65 Å². The number of carbonyl (C=O) groups is 1. The highest BCUT2D eigenvalue weighted by atomic mass is 16.4. The predicted molar refractivity (Wildman–Crippen MR) is 75.0 cm³/mol. The van der Waals surface area contributed by atoms with Crippen molar-refractivity contribution in [2.24, 2.45) is 5.41 Å². The minimum absolute atomic E-state index is 0.469. The van der Waals surface area contributed by atoms with Crippen molar-refractivity contribution < 1.29 is 9.90 Å². The lowest BCUT2D eigenvalue weighted by atomic mass is 9.76. The number of anilines is 1. The Hall–Kier alpha value is -2.25. The Morgan fingerprint density at radius 2 is 2.33 bits per heavy atom. The second kappa shape index (κ2) is 5.27. The van der Waals surface area contributed by atoms with Crippen LogP contribution in [0.1, 0.15) is 32.6 Å². The molecule has 3 heterocycles. The lowest BCUT2D eigenvalue weighted by Crippen LogP contribution is -2.48. The third kappa shape index (κ3) is 2.30. The van der Waals surface area contributed by atoms with Crippen LogP contribution in [0.15, 0.2) is 12.4 Å². The molecule has 8 heteroatoms. The van der Waals surface area contributed by atoms with Crippen molar-refractivity contribution in [3.63, 3.8) is 0 Å². The first-order valence-corrected chi connectivity index (χ1v) is 7.17. The third-order valence-corrected chi connectivity index (χ3v) is 4.17. The van der Waals surface area contributed by atoms with E-state index in [-0.39, 0.29) is 0 Å². The highest BCUT2D eigenvalue weighted by molar-refractivity contribution is 5.76. The van der Waals surface area contributed by atoms with Gasteiger partial charge in [0.1, 0.15) is 0 Å². The van der Waals surface area contributed by atoms with Crippen LogP contribution in [0.3, 0.4) is 0 Å². The standard InChI is InChI=1S/C13H18N6O2/c1-2-4-13(12(20)21)5-3-6-18(9-13)11-8-14-7-10-15-16-17-19(10)11/h7-8H,2-6,9H2,1H3,(H,20,21). The van der Waals surface area contributed by atoms with E-state index < -0.39 is 11.4 Å². The second-order valence-electron chi connectivity index (χ2n) is 5.57. The molecular weight excluding hydrogens is 272 g/mol. The summed E-state index contributed by atoms with van der Waals surface area (Å²) in [6, 6.07) is 0. The third-order valence-electron chi connectivity index (χ3n) is 4.17. The molecule has 0 saturated carbocycles. The van der Waals surface area contributed by atoms with Gasteiger partial charge in [0.25, 0.3) is 0 Å². The van der Waals surface area contributed by atoms with Gasteiger partial charge < -0.3 is 10.0 Å². The SMILES string of the molecule is CCCC1(C(=O)O)CCCN(c2cncc3nnnn23)C1. The van der Waals surface area contributed by atoms with Crippen LogP contribution in [-0.4, -0.2) is 49.2 Å². The molecule has 0 bridgehead atoms. The number of hydrogen-bond donors (Lipinski definition) is 1. The molecule has 3 rings (SSSR count). The molecule has 0 spiro atoms. The highest BCUT2D eigenvalue weighted by Gasteiger charge is 2.42. The van der Waals surface area contributed by atoms with Gasteiger partial charge >= 0.3 is 5.97 Å². The molecule has 1 N–H and O–H groups in total. The zero-order valence-corrected chi connectivity index (χ0v) is 11.9. The van der Waals surface area contributed by atoms with E-state index in [4.69, 9.17) is 0 Å². The molecule has 1 aliphatic rings. The number of fused-ring (bicyclic) bond motifs is 1. The van der Waals surface area contributed by atoms with E-state index in [2.05, 4.69) is 20.5 Å². The number of carboxylic acid groups (broad SMARTS) is 1. The van der Waals surface area contributed by atoms with Crippen molar-refractivity contribution in [1.82, 2.24) is 25.0 Å². The van der Waals surface area contributed by atoms with Crippen LogP contribution >= 0.6 is 0 Å². The fourth-order valence-corrected chi connectivity index (χ4v) is 3.17. The molecule has 0 aromatic carbocycles. The summed E-state index contributed by atoms with van der Waals surface area (Å²) in [7, 11) is 0. The first kappa shape index (κ1) is 13.7. The van der Waals surface area contributed by atoms with E-state index in [1.807, 2.05) is 11.8 Å². The van der Waals surface area contributed by atoms with Gasteiger partial charge in [-0.1, -0.05) is 13.3 Å². The van der Waals surface area contributed by atoms with Crippen molar-refractivity contribution in [2.45, 2.75) is 32.6 Å². The molecule has 1 saturated heterocycles. The molecular formula is C13H18N6O2. The summed E-state index contributed by atoms with van der Waals surface area (Å²) < 4.78 is 1.61. The maximum absolute atomic E-state index is 11.8. The molecule has 112 valence electrons. The molecule has 21 heavy (non-hydrogen) atoms. The summed E-state index contributed by atoms with van der Waals surface area (Å²) in [5.41, 5.74) is -0.127. The molecule has 1 unspecified atom stereocenters. The van der Waals surface area contributed by atoms with Gasteiger partial charge in [-0.05, 0) is 29.7 Å². The summed E-state index contributed by atoms with van der Waals surface area (Å²) >= 11 is 0. The van der Waals surface area contributed by atoms with Crippen molar-refractivity contribution in [3.05, 3.63) is 12.4 Å². The number of nitrogens with zero attached hydrogens (tertiary/aromatic N) is 6. The first-order chi connectivity index (χ1) is 10.2. The Morgan fingerprint density at radius 3 is 3.10 bits per heavy atom. The van der Waals surface area contributed by atoms with Crippen LogP contribution in [0, 0.1) is 5.41 Å². The Labute approximate surface area is 121 Å². The monoisotopic (exact) mass is 290 g/mol. The Bertz CT molecular complexity index is 653. The molecule has 2 aromatic heterocycles. The smallest absolute Gasteiger partial charge is 0.311 e. The Morgan fingerprint density at radius 1 is 1.48 bits per heavy atom. The number of piperidine rings is 1. The van der Waals surface area contributed by atoms with Crippen molar-refractivity contribution in [2.75, 3.05) is 18.0 Å². The molecule has 1 atom stereocenters. The molecule has 0 aliphatic carbocycles. The number of tetrazole rings is 1. The summed E-state index contributed by atoms with van der Waals surface area (Å²) in [5, 5.41) is 21.2. The van der Waals surface area contributed by atoms with E-state index in [0.29, 0.717) is 25.0 Å². The van der Waals surface area contributed by atoms with E-state index in [0.717, 1.165) is 25.2 Å². The van der Waals surface area contributed by atoms with Crippen LogP contribution < -0.4 is 4.90 Å². The van der Waals surface area contributed by atoms with E-state index >= 15 is 0 Å². The maximum atomic E-state index is 11.8. The summed E-state index contributed by atoms with van der Waals surface area (Å²) in [6.45, 7) is 3.28. The average molecular weight is 290 g/mol. The number of hydrogen-bond acceptors (Lipinski definition) is 6. The summed E-state index contributed by atoms with van der Waals surface area (Å²) in [4.78, 5) is 17.9. The van der Waals surface area contributed by atoms with E-state index in [9.17, 15) is 9.90 Å². The zero-order chi connectivity index (χ0) is 14.9. The van der Waals surface area contributed by atoms with Gasteiger partial charge in [-0.15, -0.1) is 5.10 Å². The second-order valence-corrected chi connectivity index (χ2v) is 5.57. The number of carboxylic acids is 1. The van der Waals surface area contributed by atoms with Gasteiger partial charge in [0.05, 0.1) is 17.8 Å². The first-order valence-electron chi connectivity index (χ1n) is 7.17. The zero-order valence-electron chi connectivity index (χ0n) is 11.9. The van der Waals surface area contributed by atoms with Gasteiger partial charge in [-0.2, -0.15) is 4.52 Å². The topological polar surface area (TPSA) is 96.5 Å². The van der Waals surface area contributed by atoms with Gasteiger partial charge in [0, 0.05) is 13.1 Å². The maximum Gasteiger partial charge on any atom is 0.311 e. The largest absolute Gasteiger partial charge is 0.481 e. The van der Waals surface area contributed by atoms with Gasteiger partial charge in [-0.3, -0.25) is 9.78 Å². The van der Waals surface area contributed by atoms with Crippen molar-refractivity contribution in [3.8, 4) is 0 Å². The quantitative estimate of drug-likeness (QED) is 0.896. The summed E-state index contributed by atoms with van der Waals surface area (Å²) in [6.07, 6.45) is 6.36. The Balaban J connectivity index is 1.95. The minimum Gasteiger partial charge on any atom is -0.481 e. The molecule has 0 amide bonds. The molecule has 8 nitrogen and oxygen atoms in total. The highest BCUT2D eigenvalue weighted by Crippen LogP contribution is 2.36. The normalized spacial score (nSPS) is 22.6. The number of aliphatic carboxylic acids is 1. The fourth-order valence-electron chi connectivity index (χ4n) is 3.17. The number of rotatable bonds is 4. The average Bonchev–Trinajstić information content (AvgIpc) is 2.96. The van der Waals surface area contributed by atoms with Crippen LogP contribution in [0.5, 0.6) is 0 Å². The molecule has 1 fully saturated rings. The van der Waals surface area contributed by atoms with Crippen molar-refractivity contribution in [1.29, 1.82) is 0 Å². The lowest BCUT2D eigenvalue weighted by Gasteiger charge is -2.40. The van der Waals surface area contributed by atoms with E-state index in [1.54, 1.807) is 16.9 Å². The van der Waals surface area contributed by atoms with Crippen LogP contribution in [-0.2, 0) is 4.79 Å². The Kier molecular flexibility index (Phi) is 3.44. The van der Waals surface area contributed by atoms with Gasteiger partial charge in [0.2, 0.25) is 0 Å². The lowest BCUT2D eigenvalue weighted by molar-refractivity contribution is -0.150. The summed E-state index contributed by atoms with van der Waals surface area (Å²) in [5.74, 6) is 0.0322. The molecule has 0 radical (unpaired) electrons. The minimum atomic E-state index is -0.717. The molecule has 2 aromatic rings. The predicted octanol–water partition coefficient (Wildman–Crippen LogP) is 0.991. The van der Waals surface area contributed by atoms with Gasteiger partial charge in [-0.25, -0.2) is 0 Å². The number of aromatic nitrogens is 5. The molecule has 1 aliphatic heterocycles. The van der Waals surface area contributed by atoms with Crippen molar-refractivity contribution >= 4 is 17.4 Å². The van der Waals surface area contributed by atoms with E-state index in [1.165, 1.54) is 0 Å². The van der Waals surface area contributed by atoms with Crippen LogP contribution in [0.4, 0.5) is 5.82 Å².